The lowest BCUT2D eigenvalue weighted by Crippen LogP contribution is -2.47. The van der Waals surface area contributed by atoms with Gasteiger partial charge in [0.25, 0.3) is 0 Å². The number of rotatable bonds is 4. The van der Waals surface area contributed by atoms with Gasteiger partial charge < -0.3 is 10.1 Å². The number of hydrogen-bond donors (Lipinski definition) is 2. The number of sulfonamides is 1. The maximum absolute atomic E-state index is 11.1. The molecule has 5 nitrogen and oxygen atoms in total. The SMILES string of the molecule is C=CS(=O)(=O)N[C@H]1COC[C@H]1NC. The highest BCUT2D eigenvalue weighted by molar-refractivity contribution is 7.92. The zero-order valence-electron chi connectivity index (χ0n) is 7.49. The summed E-state index contributed by atoms with van der Waals surface area (Å²) in [7, 11) is -1.58. The van der Waals surface area contributed by atoms with E-state index in [9.17, 15) is 8.42 Å². The molecule has 2 atom stereocenters. The van der Waals surface area contributed by atoms with Gasteiger partial charge in [-0.15, -0.1) is 0 Å². The van der Waals surface area contributed by atoms with E-state index in [4.69, 9.17) is 4.74 Å². The van der Waals surface area contributed by atoms with E-state index in [1.165, 1.54) is 0 Å². The zero-order valence-corrected chi connectivity index (χ0v) is 8.30. The van der Waals surface area contributed by atoms with Crippen LogP contribution < -0.4 is 10.0 Å². The highest BCUT2D eigenvalue weighted by Gasteiger charge is 2.29. The summed E-state index contributed by atoms with van der Waals surface area (Å²) in [5.74, 6) is 0. The monoisotopic (exact) mass is 206 g/mol. The largest absolute Gasteiger partial charge is 0.378 e. The first-order chi connectivity index (χ1) is 6.09. The third kappa shape index (κ3) is 2.77. The Kier molecular flexibility index (Phi) is 3.43. The van der Waals surface area contributed by atoms with Crippen LogP contribution in [0.4, 0.5) is 0 Å². The topological polar surface area (TPSA) is 67.4 Å². The van der Waals surface area contributed by atoms with Gasteiger partial charge in [-0.1, -0.05) is 6.58 Å². The van der Waals surface area contributed by atoms with Gasteiger partial charge in [0.05, 0.1) is 19.3 Å². The number of likely N-dealkylation sites (N-methyl/N-ethyl adjacent to an activating group) is 1. The first kappa shape index (κ1) is 10.6. The Balaban J connectivity index is 2.58. The van der Waals surface area contributed by atoms with E-state index in [0.717, 1.165) is 5.41 Å². The van der Waals surface area contributed by atoms with Crippen LogP contribution in [0.25, 0.3) is 0 Å². The Morgan fingerprint density at radius 1 is 1.46 bits per heavy atom. The Morgan fingerprint density at radius 2 is 2.08 bits per heavy atom. The standard InChI is InChI=1S/C7H14N2O3S/c1-3-13(10,11)9-7-5-12-4-6(7)8-2/h3,6-9H,1,4-5H2,2H3/t6-,7+/m1/s1. The smallest absolute Gasteiger partial charge is 0.233 e. The fourth-order valence-corrected chi connectivity index (χ4v) is 1.96. The molecule has 0 bridgehead atoms. The van der Waals surface area contributed by atoms with Crippen molar-refractivity contribution in [3.8, 4) is 0 Å². The number of hydrogen-bond acceptors (Lipinski definition) is 4. The van der Waals surface area contributed by atoms with Crippen molar-refractivity contribution in [2.75, 3.05) is 20.3 Å². The molecular weight excluding hydrogens is 192 g/mol. The van der Waals surface area contributed by atoms with Crippen molar-refractivity contribution in [2.45, 2.75) is 12.1 Å². The van der Waals surface area contributed by atoms with Crippen LogP contribution in [0.15, 0.2) is 12.0 Å². The molecule has 13 heavy (non-hydrogen) atoms. The predicted octanol–water partition coefficient (Wildman–Crippen LogP) is -0.964. The summed E-state index contributed by atoms with van der Waals surface area (Å²) in [5, 5.41) is 3.88. The Hall–Kier alpha value is -0.430. The second-order valence-corrected chi connectivity index (χ2v) is 4.53. The molecular formula is C7H14N2O3S. The molecule has 1 aliphatic heterocycles. The van der Waals surface area contributed by atoms with E-state index in [0.29, 0.717) is 13.2 Å². The molecule has 0 amide bonds. The van der Waals surface area contributed by atoms with E-state index >= 15 is 0 Å². The number of nitrogens with one attached hydrogen (secondary N) is 2. The van der Waals surface area contributed by atoms with Crippen molar-refractivity contribution in [1.82, 2.24) is 10.0 Å². The average molecular weight is 206 g/mol. The van der Waals surface area contributed by atoms with Crippen LogP contribution in [-0.4, -0.2) is 40.8 Å². The molecule has 2 N–H and O–H groups in total. The first-order valence-electron chi connectivity index (χ1n) is 3.99. The Labute approximate surface area is 78.2 Å². The van der Waals surface area contributed by atoms with Gasteiger partial charge in [-0.2, -0.15) is 0 Å². The molecule has 0 saturated carbocycles. The molecule has 0 unspecified atom stereocenters. The van der Waals surface area contributed by atoms with Gasteiger partial charge in [0, 0.05) is 11.4 Å². The van der Waals surface area contributed by atoms with Crippen LogP contribution in [-0.2, 0) is 14.8 Å². The normalized spacial score (nSPS) is 29.0. The summed E-state index contributed by atoms with van der Waals surface area (Å²) >= 11 is 0. The van der Waals surface area contributed by atoms with Gasteiger partial charge in [-0.05, 0) is 7.05 Å². The van der Waals surface area contributed by atoms with E-state index < -0.39 is 10.0 Å². The van der Waals surface area contributed by atoms with Crippen LogP contribution in [0.1, 0.15) is 0 Å². The molecule has 0 aromatic rings. The fourth-order valence-electron chi connectivity index (χ4n) is 1.21. The highest BCUT2D eigenvalue weighted by Crippen LogP contribution is 2.06. The Morgan fingerprint density at radius 3 is 2.62 bits per heavy atom. The highest BCUT2D eigenvalue weighted by atomic mass is 32.2. The van der Waals surface area contributed by atoms with Gasteiger partial charge >= 0.3 is 0 Å². The summed E-state index contributed by atoms with van der Waals surface area (Å²) in [6.45, 7) is 4.14. The molecule has 0 radical (unpaired) electrons. The summed E-state index contributed by atoms with van der Waals surface area (Å²) in [4.78, 5) is 0. The van der Waals surface area contributed by atoms with Crippen molar-refractivity contribution in [2.24, 2.45) is 0 Å². The third-order valence-electron chi connectivity index (χ3n) is 1.99. The molecule has 1 fully saturated rings. The van der Waals surface area contributed by atoms with Crippen LogP contribution in [0, 0.1) is 0 Å². The second kappa shape index (κ2) is 4.19. The summed E-state index contributed by atoms with van der Waals surface area (Å²) in [6, 6.07) is -0.164. The van der Waals surface area contributed by atoms with Crippen molar-refractivity contribution < 1.29 is 13.2 Å². The minimum atomic E-state index is -3.35. The van der Waals surface area contributed by atoms with Gasteiger partial charge in [-0.3, -0.25) is 0 Å². The average Bonchev–Trinajstić information content (AvgIpc) is 2.51. The molecule has 6 heteroatoms. The van der Waals surface area contributed by atoms with Crippen LogP contribution in [0.5, 0.6) is 0 Å². The molecule has 1 rings (SSSR count). The maximum atomic E-state index is 11.1. The quantitative estimate of drug-likeness (QED) is 0.621. The molecule has 0 aromatic carbocycles. The Bertz CT molecular complexity index is 275. The molecule has 1 saturated heterocycles. The maximum Gasteiger partial charge on any atom is 0.233 e. The van der Waals surface area contributed by atoms with Crippen molar-refractivity contribution in [1.29, 1.82) is 0 Å². The number of ether oxygens (including phenoxy) is 1. The van der Waals surface area contributed by atoms with Gasteiger partial charge in [-0.25, -0.2) is 13.1 Å². The van der Waals surface area contributed by atoms with E-state index in [1.54, 1.807) is 7.05 Å². The summed E-state index contributed by atoms with van der Waals surface area (Å²) in [6.07, 6.45) is 0. The fraction of sp³-hybridized carbons (Fsp3) is 0.714. The second-order valence-electron chi connectivity index (χ2n) is 2.87. The van der Waals surface area contributed by atoms with Crippen LogP contribution >= 0.6 is 0 Å². The molecule has 0 spiro atoms. The minimum absolute atomic E-state index is 0.0368. The summed E-state index contributed by atoms with van der Waals surface area (Å²) < 4.78 is 29.8. The summed E-state index contributed by atoms with van der Waals surface area (Å²) in [5.41, 5.74) is 0. The minimum Gasteiger partial charge on any atom is -0.378 e. The first-order valence-corrected chi connectivity index (χ1v) is 5.53. The van der Waals surface area contributed by atoms with Crippen molar-refractivity contribution in [3.05, 3.63) is 12.0 Å². The van der Waals surface area contributed by atoms with E-state index in [1.807, 2.05) is 0 Å². The van der Waals surface area contributed by atoms with Crippen molar-refractivity contribution in [3.63, 3.8) is 0 Å². The lowest BCUT2D eigenvalue weighted by molar-refractivity contribution is 0.187. The molecule has 0 aliphatic carbocycles. The van der Waals surface area contributed by atoms with Crippen LogP contribution in [0.2, 0.25) is 0 Å². The molecule has 1 heterocycles. The van der Waals surface area contributed by atoms with Gasteiger partial charge in [0.2, 0.25) is 10.0 Å². The van der Waals surface area contributed by atoms with Gasteiger partial charge in [0.1, 0.15) is 0 Å². The van der Waals surface area contributed by atoms with E-state index in [2.05, 4.69) is 16.6 Å². The van der Waals surface area contributed by atoms with Gasteiger partial charge in [0.15, 0.2) is 0 Å². The molecule has 1 aliphatic rings. The van der Waals surface area contributed by atoms with E-state index in [-0.39, 0.29) is 12.1 Å². The van der Waals surface area contributed by atoms with Crippen LogP contribution in [0.3, 0.4) is 0 Å². The molecule has 0 aromatic heterocycles. The molecule has 76 valence electrons. The lowest BCUT2D eigenvalue weighted by atomic mass is 10.2. The van der Waals surface area contributed by atoms with Crippen molar-refractivity contribution >= 4 is 10.0 Å². The predicted molar refractivity (Wildman–Crippen MR) is 49.7 cm³/mol. The lowest BCUT2D eigenvalue weighted by Gasteiger charge is -2.16. The third-order valence-corrected chi connectivity index (χ3v) is 3.06. The zero-order chi connectivity index (χ0) is 9.90.